The van der Waals surface area contributed by atoms with Crippen molar-refractivity contribution >= 4 is 32.7 Å². The lowest BCUT2D eigenvalue weighted by molar-refractivity contribution is -0.384. The minimum atomic E-state index is -0.438. The van der Waals surface area contributed by atoms with Gasteiger partial charge in [-0.2, -0.15) is 0 Å². The van der Waals surface area contributed by atoms with Crippen molar-refractivity contribution in [3.63, 3.8) is 0 Å². The molecule has 0 saturated heterocycles. The van der Waals surface area contributed by atoms with Gasteiger partial charge in [-0.1, -0.05) is 0 Å². The van der Waals surface area contributed by atoms with Crippen molar-refractivity contribution < 1.29 is 14.4 Å². The molecule has 0 bridgehead atoms. The maximum absolute atomic E-state index is 10.9. The molecule has 0 fully saturated rings. The number of halogens is 1. The molecular weight excluding hydrogens is 366 g/mol. The molecule has 0 aliphatic carbocycles. The first kappa shape index (κ1) is 15.3. The Morgan fingerprint density at radius 1 is 1.17 bits per heavy atom. The smallest absolute Gasteiger partial charge is 0.271 e. The van der Waals surface area contributed by atoms with Crippen molar-refractivity contribution in [3.05, 3.63) is 44.9 Å². The van der Waals surface area contributed by atoms with Crippen LogP contribution in [-0.2, 0) is 0 Å². The Balaban J connectivity index is 2.14. The van der Waals surface area contributed by atoms with Gasteiger partial charge in [0.1, 0.15) is 5.82 Å². The van der Waals surface area contributed by atoms with Crippen molar-refractivity contribution in [3.8, 4) is 22.9 Å². The Bertz CT molecular complexity index is 907. The number of nitrogens with zero attached hydrogens (tertiary/aromatic N) is 2. The van der Waals surface area contributed by atoms with Crippen LogP contribution in [0.15, 0.2) is 34.8 Å². The van der Waals surface area contributed by atoms with Crippen molar-refractivity contribution in [2.45, 2.75) is 0 Å². The highest BCUT2D eigenvalue weighted by molar-refractivity contribution is 9.10. The van der Waals surface area contributed by atoms with Gasteiger partial charge >= 0.3 is 0 Å². The third-order valence-electron chi connectivity index (χ3n) is 3.40. The number of non-ortho nitro benzene ring substituents is 1. The van der Waals surface area contributed by atoms with Crippen molar-refractivity contribution in [1.29, 1.82) is 0 Å². The summed E-state index contributed by atoms with van der Waals surface area (Å²) in [6.45, 7) is 0. The fourth-order valence-electron chi connectivity index (χ4n) is 2.27. The van der Waals surface area contributed by atoms with Crippen molar-refractivity contribution in [2.24, 2.45) is 0 Å². The molecule has 3 aromatic rings. The number of ether oxygens (including phenoxy) is 2. The maximum Gasteiger partial charge on any atom is 0.271 e. The summed E-state index contributed by atoms with van der Waals surface area (Å²) in [5.74, 6) is 1.74. The second kappa shape index (κ2) is 5.88. The number of H-pyrrole nitrogens is 1. The molecule has 0 aliphatic heterocycles. The topological polar surface area (TPSA) is 90.3 Å². The summed E-state index contributed by atoms with van der Waals surface area (Å²) in [4.78, 5) is 18.0. The second-order valence-corrected chi connectivity index (χ2v) is 5.59. The van der Waals surface area contributed by atoms with Crippen LogP contribution in [0.2, 0.25) is 0 Å². The minimum Gasteiger partial charge on any atom is -0.493 e. The van der Waals surface area contributed by atoms with E-state index in [2.05, 4.69) is 25.9 Å². The fourth-order valence-corrected chi connectivity index (χ4v) is 2.78. The number of fused-ring (bicyclic) bond motifs is 1. The summed E-state index contributed by atoms with van der Waals surface area (Å²) in [5.41, 5.74) is 2.02. The molecular formula is C15H12BrN3O4. The van der Waals surface area contributed by atoms with Gasteiger partial charge in [0.15, 0.2) is 11.5 Å². The average molecular weight is 378 g/mol. The van der Waals surface area contributed by atoms with Gasteiger partial charge < -0.3 is 14.5 Å². The number of hydrogen-bond acceptors (Lipinski definition) is 5. The van der Waals surface area contributed by atoms with E-state index in [1.165, 1.54) is 12.1 Å². The first-order valence-electron chi connectivity index (χ1n) is 6.59. The van der Waals surface area contributed by atoms with Crippen LogP contribution in [0.4, 0.5) is 5.69 Å². The predicted molar refractivity (Wildman–Crippen MR) is 89.0 cm³/mol. The van der Waals surface area contributed by atoms with Crippen LogP contribution in [0.3, 0.4) is 0 Å². The second-order valence-electron chi connectivity index (χ2n) is 4.73. The first-order valence-corrected chi connectivity index (χ1v) is 7.39. The third kappa shape index (κ3) is 2.72. The molecule has 3 rings (SSSR count). The van der Waals surface area contributed by atoms with Gasteiger partial charge in [0.25, 0.3) is 5.69 Å². The average Bonchev–Trinajstić information content (AvgIpc) is 2.97. The monoisotopic (exact) mass is 377 g/mol. The van der Waals surface area contributed by atoms with Crippen LogP contribution in [0.25, 0.3) is 22.4 Å². The zero-order valence-corrected chi connectivity index (χ0v) is 13.9. The molecule has 7 nitrogen and oxygen atoms in total. The van der Waals surface area contributed by atoms with E-state index in [4.69, 9.17) is 9.47 Å². The van der Waals surface area contributed by atoms with Crippen LogP contribution in [0, 0.1) is 10.1 Å². The van der Waals surface area contributed by atoms with E-state index >= 15 is 0 Å². The van der Waals surface area contributed by atoms with Crippen LogP contribution in [0.1, 0.15) is 0 Å². The molecule has 0 spiro atoms. The van der Waals surface area contributed by atoms with Crippen LogP contribution >= 0.6 is 15.9 Å². The Morgan fingerprint density at radius 2 is 1.87 bits per heavy atom. The molecule has 0 aliphatic rings. The van der Waals surface area contributed by atoms with E-state index in [-0.39, 0.29) is 5.69 Å². The molecule has 0 unspecified atom stereocenters. The number of imidazole rings is 1. The third-order valence-corrected chi connectivity index (χ3v) is 4.06. The summed E-state index contributed by atoms with van der Waals surface area (Å²) >= 11 is 3.48. The fraction of sp³-hybridized carbons (Fsp3) is 0.133. The van der Waals surface area contributed by atoms with Crippen molar-refractivity contribution in [1.82, 2.24) is 9.97 Å². The highest BCUT2D eigenvalue weighted by atomic mass is 79.9. The van der Waals surface area contributed by atoms with Crippen LogP contribution in [-0.4, -0.2) is 29.1 Å². The number of methoxy groups -OCH3 is 2. The number of aromatic nitrogens is 2. The zero-order valence-electron chi connectivity index (χ0n) is 12.3. The minimum absolute atomic E-state index is 0.0130. The number of nitro benzene ring substituents is 1. The quantitative estimate of drug-likeness (QED) is 0.549. The summed E-state index contributed by atoms with van der Waals surface area (Å²) in [6, 6.07) is 8.07. The Kier molecular flexibility index (Phi) is 3.91. The summed E-state index contributed by atoms with van der Waals surface area (Å²) in [5, 5.41) is 10.9. The van der Waals surface area contributed by atoms with Gasteiger partial charge in [0.2, 0.25) is 0 Å². The lowest BCUT2D eigenvalue weighted by Crippen LogP contribution is -1.92. The van der Waals surface area contributed by atoms with Crippen LogP contribution < -0.4 is 9.47 Å². The van der Waals surface area contributed by atoms with E-state index in [0.29, 0.717) is 28.4 Å². The standard InChI is InChI=1S/C15H12BrN3O4/c1-22-13-6-9(10(16)7-14(13)23-2)15-17-11-4-3-8(19(20)21)5-12(11)18-15/h3-7H,1-2H3,(H,17,18). The molecule has 23 heavy (non-hydrogen) atoms. The van der Waals surface area contributed by atoms with E-state index in [9.17, 15) is 10.1 Å². The molecule has 2 aromatic carbocycles. The van der Waals surface area contributed by atoms with Gasteiger partial charge in [-0.25, -0.2) is 4.98 Å². The van der Waals surface area contributed by atoms with E-state index in [1.54, 1.807) is 32.4 Å². The van der Waals surface area contributed by atoms with E-state index in [1.807, 2.05) is 0 Å². The lowest BCUT2D eigenvalue weighted by atomic mass is 10.2. The van der Waals surface area contributed by atoms with E-state index in [0.717, 1.165) is 10.0 Å². The van der Waals surface area contributed by atoms with Gasteiger partial charge in [-0.05, 0) is 34.1 Å². The van der Waals surface area contributed by atoms with Crippen LogP contribution in [0.5, 0.6) is 11.5 Å². The Labute approximate surface area is 139 Å². The number of hydrogen-bond donors (Lipinski definition) is 1. The summed E-state index contributed by atoms with van der Waals surface area (Å²) in [6.07, 6.45) is 0. The summed E-state index contributed by atoms with van der Waals surface area (Å²) < 4.78 is 11.3. The number of aromatic amines is 1. The van der Waals surface area contributed by atoms with Gasteiger partial charge in [0.05, 0.1) is 30.2 Å². The maximum atomic E-state index is 10.9. The Hall–Kier alpha value is -2.61. The number of benzene rings is 2. The molecule has 1 aromatic heterocycles. The molecule has 1 N–H and O–H groups in total. The normalized spacial score (nSPS) is 10.7. The molecule has 8 heteroatoms. The molecule has 0 radical (unpaired) electrons. The number of nitro groups is 1. The molecule has 0 saturated carbocycles. The van der Waals surface area contributed by atoms with E-state index < -0.39 is 4.92 Å². The Morgan fingerprint density at radius 3 is 2.52 bits per heavy atom. The largest absolute Gasteiger partial charge is 0.493 e. The number of nitrogens with one attached hydrogen (secondary N) is 1. The van der Waals surface area contributed by atoms with Crippen molar-refractivity contribution in [2.75, 3.05) is 14.2 Å². The SMILES string of the molecule is COc1cc(Br)c(-c2nc3ccc([N+](=O)[O-])cc3[nH]2)cc1OC. The predicted octanol–water partition coefficient (Wildman–Crippen LogP) is 3.92. The molecule has 118 valence electrons. The molecule has 1 heterocycles. The first-order chi connectivity index (χ1) is 11.0. The highest BCUT2D eigenvalue weighted by Gasteiger charge is 2.15. The number of rotatable bonds is 4. The highest BCUT2D eigenvalue weighted by Crippen LogP contribution is 2.38. The molecule has 0 atom stereocenters. The zero-order chi connectivity index (χ0) is 16.6. The lowest BCUT2D eigenvalue weighted by Gasteiger charge is -2.10. The van der Waals surface area contributed by atoms with Gasteiger partial charge in [0, 0.05) is 22.2 Å². The van der Waals surface area contributed by atoms with Gasteiger partial charge in [-0.15, -0.1) is 0 Å². The van der Waals surface area contributed by atoms with Gasteiger partial charge in [-0.3, -0.25) is 10.1 Å². The summed E-state index contributed by atoms with van der Waals surface area (Å²) in [7, 11) is 3.11. The molecule has 0 amide bonds.